The van der Waals surface area contributed by atoms with Gasteiger partial charge >= 0.3 is 0 Å². The first-order chi connectivity index (χ1) is 9.69. The second-order valence-corrected chi connectivity index (χ2v) is 5.94. The zero-order valence-corrected chi connectivity index (χ0v) is 12.6. The molecule has 20 heavy (non-hydrogen) atoms. The zero-order valence-electron chi connectivity index (χ0n) is 11.0. The fraction of sp³-hybridized carbons (Fsp3) is 0.154. The lowest BCUT2D eigenvalue weighted by molar-refractivity contribution is 0.714. The summed E-state index contributed by atoms with van der Waals surface area (Å²) in [7, 11) is 3.47. The van der Waals surface area contributed by atoms with E-state index < -0.39 is 0 Å². The summed E-state index contributed by atoms with van der Waals surface area (Å²) in [4.78, 5) is 17.7. The van der Waals surface area contributed by atoms with Crippen molar-refractivity contribution in [3.8, 4) is 21.8 Å². The van der Waals surface area contributed by atoms with E-state index in [1.165, 1.54) is 16.0 Å². The first-order valence-electron chi connectivity index (χ1n) is 5.95. The molecule has 0 spiro atoms. The van der Waals surface area contributed by atoms with Crippen molar-refractivity contribution in [1.82, 2.24) is 14.8 Å². The number of nitrogens with zero attached hydrogens (tertiary/aromatic N) is 3. The molecule has 0 saturated carbocycles. The van der Waals surface area contributed by atoms with Gasteiger partial charge in [0.05, 0.1) is 16.1 Å². The van der Waals surface area contributed by atoms with E-state index in [1.54, 1.807) is 18.4 Å². The van der Waals surface area contributed by atoms with Crippen LogP contribution in [0.4, 0.5) is 5.13 Å². The van der Waals surface area contributed by atoms with Gasteiger partial charge in [-0.2, -0.15) is 5.10 Å². The molecule has 0 saturated heterocycles. The van der Waals surface area contributed by atoms with Crippen molar-refractivity contribution in [1.29, 1.82) is 0 Å². The van der Waals surface area contributed by atoms with Gasteiger partial charge in [0.25, 0.3) is 5.56 Å². The summed E-state index contributed by atoms with van der Waals surface area (Å²) in [5.41, 5.74) is 1.90. The summed E-state index contributed by atoms with van der Waals surface area (Å²) in [6.07, 6.45) is 0. The number of aromatic nitrogens is 3. The van der Waals surface area contributed by atoms with Gasteiger partial charge in [0.1, 0.15) is 5.69 Å². The van der Waals surface area contributed by atoms with Crippen molar-refractivity contribution in [3.05, 3.63) is 39.3 Å². The lowest BCUT2D eigenvalue weighted by Crippen LogP contribution is -2.21. The summed E-state index contributed by atoms with van der Waals surface area (Å²) in [6, 6.07) is 5.76. The van der Waals surface area contributed by atoms with Gasteiger partial charge in [-0.1, -0.05) is 6.07 Å². The van der Waals surface area contributed by atoms with Crippen LogP contribution in [0.15, 0.2) is 33.8 Å². The molecule has 0 aliphatic rings. The predicted molar refractivity (Wildman–Crippen MR) is 83.4 cm³/mol. The van der Waals surface area contributed by atoms with E-state index in [-0.39, 0.29) is 5.56 Å². The molecular weight excluding hydrogens is 292 g/mol. The van der Waals surface area contributed by atoms with Crippen molar-refractivity contribution in [2.45, 2.75) is 0 Å². The minimum absolute atomic E-state index is 0.141. The van der Waals surface area contributed by atoms with Gasteiger partial charge in [0, 0.05) is 19.5 Å². The molecule has 0 aromatic carbocycles. The van der Waals surface area contributed by atoms with Crippen LogP contribution in [0.2, 0.25) is 0 Å². The van der Waals surface area contributed by atoms with Crippen molar-refractivity contribution >= 4 is 27.8 Å². The van der Waals surface area contributed by atoms with Crippen LogP contribution in [0, 0.1) is 0 Å². The first kappa shape index (κ1) is 13.0. The molecule has 0 unspecified atom stereocenters. The molecule has 0 amide bonds. The fourth-order valence-electron chi connectivity index (χ4n) is 1.85. The Morgan fingerprint density at radius 3 is 2.80 bits per heavy atom. The number of rotatable bonds is 3. The normalized spacial score (nSPS) is 10.7. The highest BCUT2D eigenvalue weighted by molar-refractivity contribution is 7.14. The van der Waals surface area contributed by atoms with Gasteiger partial charge in [0.15, 0.2) is 5.13 Å². The third-order valence-corrected chi connectivity index (χ3v) is 4.58. The predicted octanol–water partition coefficient (Wildman–Crippen LogP) is 2.67. The van der Waals surface area contributed by atoms with E-state index in [9.17, 15) is 4.79 Å². The molecule has 7 heteroatoms. The Labute approximate surface area is 123 Å². The smallest absolute Gasteiger partial charge is 0.276 e. The Kier molecular flexibility index (Phi) is 3.37. The van der Waals surface area contributed by atoms with Crippen LogP contribution < -0.4 is 10.9 Å². The number of thiazole rings is 1. The third-order valence-electron chi connectivity index (χ3n) is 2.83. The van der Waals surface area contributed by atoms with Crippen LogP contribution in [-0.4, -0.2) is 21.8 Å². The molecule has 0 bridgehead atoms. The Balaban J connectivity index is 2.17. The molecule has 0 fully saturated rings. The average Bonchev–Trinajstić information content (AvgIpc) is 3.11. The molecule has 0 aliphatic carbocycles. The Bertz CT molecular complexity index is 789. The van der Waals surface area contributed by atoms with Gasteiger partial charge in [-0.25, -0.2) is 9.67 Å². The molecule has 0 aliphatic heterocycles. The maximum Gasteiger partial charge on any atom is 0.276 e. The summed E-state index contributed by atoms with van der Waals surface area (Å²) in [5, 5.41) is 11.9. The maximum absolute atomic E-state index is 12.2. The van der Waals surface area contributed by atoms with E-state index >= 15 is 0 Å². The fourth-order valence-corrected chi connectivity index (χ4v) is 3.20. The standard InChI is InChI=1S/C13H12N4OS2/c1-14-13-15-10(7-20-13)8-6-9(11-4-3-5-19-11)16-17(2)12(8)18/h3-7H,1-2H3,(H,14,15). The highest BCUT2D eigenvalue weighted by Gasteiger charge is 2.13. The summed E-state index contributed by atoms with van der Waals surface area (Å²) < 4.78 is 1.36. The number of hydrogen-bond donors (Lipinski definition) is 1. The minimum Gasteiger partial charge on any atom is -0.365 e. The molecule has 3 aromatic rings. The molecular formula is C13H12N4OS2. The van der Waals surface area contributed by atoms with Crippen LogP contribution in [0.25, 0.3) is 21.8 Å². The van der Waals surface area contributed by atoms with Crippen LogP contribution in [0.1, 0.15) is 0 Å². The summed E-state index contributed by atoms with van der Waals surface area (Å²) in [5.74, 6) is 0. The lowest BCUT2D eigenvalue weighted by Gasteiger charge is -2.04. The van der Waals surface area contributed by atoms with E-state index in [4.69, 9.17) is 0 Å². The van der Waals surface area contributed by atoms with Gasteiger partial charge in [-0.15, -0.1) is 22.7 Å². The van der Waals surface area contributed by atoms with E-state index in [2.05, 4.69) is 15.4 Å². The van der Waals surface area contributed by atoms with Crippen LogP contribution in [0.3, 0.4) is 0 Å². The summed E-state index contributed by atoms with van der Waals surface area (Å²) >= 11 is 3.07. The second kappa shape index (κ2) is 5.18. The lowest BCUT2D eigenvalue weighted by atomic mass is 10.2. The molecule has 5 nitrogen and oxygen atoms in total. The number of anilines is 1. The maximum atomic E-state index is 12.2. The van der Waals surface area contributed by atoms with Crippen molar-refractivity contribution in [2.75, 3.05) is 12.4 Å². The quantitative estimate of drug-likeness (QED) is 0.808. The highest BCUT2D eigenvalue weighted by Crippen LogP contribution is 2.27. The Hall–Kier alpha value is -1.99. The van der Waals surface area contributed by atoms with E-state index in [0.717, 1.165) is 15.7 Å². The molecule has 102 valence electrons. The van der Waals surface area contributed by atoms with Crippen LogP contribution >= 0.6 is 22.7 Å². The van der Waals surface area contributed by atoms with Gasteiger partial charge in [0.2, 0.25) is 0 Å². The molecule has 0 atom stereocenters. The monoisotopic (exact) mass is 304 g/mol. The Morgan fingerprint density at radius 1 is 1.30 bits per heavy atom. The van der Waals surface area contributed by atoms with Crippen molar-refractivity contribution in [2.24, 2.45) is 7.05 Å². The van der Waals surface area contributed by atoms with Crippen LogP contribution in [-0.2, 0) is 7.05 Å². The van der Waals surface area contributed by atoms with Gasteiger partial charge < -0.3 is 5.32 Å². The Morgan fingerprint density at radius 2 is 2.15 bits per heavy atom. The highest BCUT2D eigenvalue weighted by atomic mass is 32.1. The second-order valence-electron chi connectivity index (χ2n) is 4.14. The SMILES string of the molecule is CNc1nc(-c2cc(-c3cccs3)nn(C)c2=O)cs1. The van der Waals surface area contributed by atoms with Gasteiger partial charge in [-0.3, -0.25) is 4.79 Å². The molecule has 1 N–H and O–H groups in total. The summed E-state index contributed by atoms with van der Waals surface area (Å²) in [6.45, 7) is 0. The number of thiophene rings is 1. The number of nitrogens with one attached hydrogen (secondary N) is 1. The molecule has 3 rings (SSSR count). The van der Waals surface area contributed by atoms with Crippen molar-refractivity contribution in [3.63, 3.8) is 0 Å². The average molecular weight is 304 g/mol. The molecule has 3 aromatic heterocycles. The number of aryl methyl sites for hydroxylation is 1. The van der Waals surface area contributed by atoms with Crippen molar-refractivity contribution < 1.29 is 0 Å². The topological polar surface area (TPSA) is 59.8 Å². The van der Waals surface area contributed by atoms with E-state index in [0.29, 0.717) is 11.3 Å². The first-order valence-corrected chi connectivity index (χ1v) is 7.71. The minimum atomic E-state index is -0.141. The largest absolute Gasteiger partial charge is 0.365 e. The third kappa shape index (κ3) is 2.25. The molecule has 0 radical (unpaired) electrons. The number of hydrogen-bond acceptors (Lipinski definition) is 6. The van der Waals surface area contributed by atoms with E-state index in [1.807, 2.05) is 36.0 Å². The van der Waals surface area contributed by atoms with Crippen LogP contribution in [0.5, 0.6) is 0 Å². The van der Waals surface area contributed by atoms with Gasteiger partial charge in [-0.05, 0) is 17.5 Å². The molecule has 3 heterocycles. The zero-order chi connectivity index (χ0) is 14.1.